The number of ether oxygens (including phenoxy) is 3. The molecule has 0 bridgehead atoms. The van der Waals surface area contributed by atoms with Gasteiger partial charge in [-0.25, -0.2) is 0 Å². The molecule has 1 atom stereocenters. The first-order valence-electron chi connectivity index (χ1n) is 11.7. The van der Waals surface area contributed by atoms with Crippen LogP contribution in [0.3, 0.4) is 0 Å². The lowest BCUT2D eigenvalue weighted by Gasteiger charge is -2.25. The van der Waals surface area contributed by atoms with E-state index in [1.165, 1.54) is 4.90 Å². The lowest BCUT2D eigenvalue weighted by molar-refractivity contribution is -0.140. The number of aliphatic hydroxyl groups excluding tert-OH is 1. The molecule has 2 aromatic rings. The van der Waals surface area contributed by atoms with E-state index < -0.39 is 17.7 Å². The Bertz CT molecular complexity index is 1010. The fourth-order valence-corrected chi connectivity index (χ4v) is 3.97. The molecule has 1 amide bonds. The SMILES string of the molecule is CCCCOc1ccc(C2C(=C(O)c3cccc(OCC)c3)C(=O)C(=O)N2CCCOC)cc1. The van der Waals surface area contributed by atoms with Crippen molar-refractivity contribution in [1.82, 2.24) is 4.90 Å². The van der Waals surface area contributed by atoms with E-state index in [2.05, 4.69) is 6.92 Å². The zero-order valence-corrected chi connectivity index (χ0v) is 20.1. The van der Waals surface area contributed by atoms with E-state index in [0.717, 1.165) is 24.2 Å². The fraction of sp³-hybridized carbons (Fsp3) is 0.407. The largest absolute Gasteiger partial charge is 0.507 e. The van der Waals surface area contributed by atoms with Crippen molar-refractivity contribution in [3.63, 3.8) is 0 Å². The van der Waals surface area contributed by atoms with Gasteiger partial charge in [0, 0.05) is 25.8 Å². The molecule has 1 fully saturated rings. The average Bonchev–Trinajstić information content (AvgIpc) is 3.10. The maximum Gasteiger partial charge on any atom is 0.295 e. The summed E-state index contributed by atoms with van der Waals surface area (Å²) in [6.07, 6.45) is 2.57. The third kappa shape index (κ3) is 5.78. The first-order valence-corrected chi connectivity index (χ1v) is 11.7. The highest BCUT2D eigenvalue weighted by atomic mass is 16.5. The Morgan fingerprint density at radius 2 is 1.74 bits per heavy atom. The summed E-state index contributed by atoms with van der Waals surface area (Å²) in [4.78, 5) is 27.6. The van der Waals surface area contributed by atoms with E-state index >= 15 is 0 Å². The maximum atomic E-state index is 13.1. The van der Waals surface area contributed by atoms with Gasteiger partial charge in [-0.3, -0.25) is 9.59 Å². The number of Topliss-reactive ketones (excluding diaryl/α,β-unsaturated/α-hetero) is 1. The Kier molecular flexibility index (Phi) is 9.10. The molecule has 1 saturated heterocycles. The Hall–Kier alpha value is -3.32. The molecule has 0 saturated carbocycles. The molecule has 182 valence electrons. The summed E-state index contributed by atoms with van der Waals surface area (Å²) in [5, 5.41) is 11.2. The number of rotatable bonds is 12. The molecular formula is C27H33NO6. The molecule has 1 heterocycles. The van der Waals surface area contributed by atoms with Gasteiger partial charge in [0.1, 0.15) is 17.3 Å². The number of carbonyl (C=O) groups is 2. The molecule has 0 aromatic heterocycles. The quantitative estimate of drug-likeness (QED) is 0.210. The highest BCUT2D eigenvalue weighted by molar-refractivity contribution is 6.46. The van der Waals surface area contributed by atoms with Gasteiger partial charge in [0.15, 0.2) is 0 Å². The smallest absolute Gasteiger partial charge is 0.295 e. The minimum atomic E-state index is -0.711. The van der Waals surface area contributed by atoms with Crippen molar-refractivity contribution in [2.45, 2.75) is 39.2 Å². The fourth-order valence-electron chi connectivity index (χ4n) is 3.97. The van der Waals surface area contributed by atoms with Crippen molar-refractivity contribution in [1.29, 1.82) is 0 Å². The summed E-state index contributed by atoms with van der Waals surface area (Å²) in [5.41, 5.74) is 1.21. The minimum absolute atomic E-state index is 0.0655. The zero-order valence-electron chi connectivity index (χ0n) is 20.1. The molecule has 2 aromatic carbocycles. The lowest BCUT2D eigenvalue weighted by Crippen LogP contribution is -2.31. The van der Waals surface area contributed by atoms with Crippen molar-refractivity contribution < 1.29 is 28.9 Å². The number of hydrogen-bond acceptors (Lipinski definition) is 6. The summed E-state index contributed by atoms with van der Waals surface area (Å²) >= 11 is 0. The van der Waals surface area contributed by atoms with Crippen LogP contribution in [0.5, 0.6) is 11.5 Å². The van der Waals surface area contributed by atoms with E-state index in [1.54, 1.807) is 31.4 Å². The Balaban J connectivity index is 2.02. The highest BCUT2D eigenvalue weighted by Gasteiger charge is 2.45. The van der Waals surface area contributed by atoms with Crippen LogP contribution in [0.2, 0.25) is 0 Å². The Morgan fingerprint density at radius 3 is 2.41 bits per heavy atom. The Labute approximate surface area is 200 Å². The van der Waals surface area contributed by atoms with E-state index in [9.17, 15) is 14.7 Å². The summed E-state index contributed by atoms with van der Waals surface area (Å²) in [7, 11) is 1.59. The average molecular weight is 468 g/mol. The van der Waals surface area contributed by atoms with Crippen LogP contribution in [0, 0.1) is 0 Å². The molecule has 1 aliphatic rings. The molecule has 7 nitrogen and oxygen atoms in total. The molecule has 0 aliphatic carbocycles. The minimum Gasteiger partial charge on any atom is -0.507 e. The van der Waals surface area contributed by atoms with Gasteiger partial charge < -0.3 is 24.2 Å². The predicted molar refractivity (Wildman–Crippen MR) is 130 cm³/mol. The summed E-state index contributed by atoms with van der Waals surface area (Å²) < 4.78 is 16.4. The van der Waals surface area contributed by atoms with Crippen molar-refractivity contribution in [3.8, 4) is 11.5 Å². The molecule has 34 heavy (non-hydrogen) atoms. The maximum absolute atomic E-state index is 13.1. The molecule has 7 heteroatoms. The number of benzene rings is 2. The van der Waals surface area contributed by atoms with Gasteiger partial charge in [-0.15, -0.1) is 0 Å². The highest BCUT2D eigenvalue weighted by Crippen LogP contribution is 2.40. The number of unbranched alkanes of at least 4 members (excludes halogenated alkanes) is 1. The number of aliphatic hydroxyl groups is 1. The van der Waals surface area contributed by atoms with Crippen LogP contribution < -0.4 is 9.47 Å². The first kappa shape index (κ1) is 25.3. The predicted octanol–water partition coefficient (Wildman–Crippen LogP) is 4.72. The van der Waals surface area contributed by atoms with Crippen LogP contribution in [0.25, 0.3) is 5.76 Å². The van der Waals surface area contributed by atoms with Crippen LogP contribution in [0.4, 0.5) is 0 Å². The lowest BCUT2D eigenvalue weighted by atomic mass is 9.95. The van der Waals surface area contributed by atoms with Gasteiger partial charge in [-0.05, 0) is 49.6 Å². The van der Waals surface area contributed by atoms with E-state index in [1.807, 2.05) is 31.2 Å². The van der Waals surface area contributed by atoms with E-state index in [4.69, 9.17) is 14.2 Å². The van der Waals surface area contributed by atoms with Crippen LogP contribution >= 0.6 is 0 Å². The van der Waals surface area contributed by atoms with Crippen LogP contribution in [0.15, 0.2) is 54.1 Å². The summed E-state index contributed by atoms with van der Waals surface area (Å²) in [6, 6.07) is 13.5. The third-order valence-electron chi connectivity index (χ3n) is 5.67. The second kappa shape index (κ2) is 12.2. The molecule has 0 spiro atoms. The number of hydrogen-bond donors (Lipinski definition) is 1. The molecule has 0 radical (unpaired) electrons. The standard InChI is InChI=1S/C27H33NO6/c1-4-6-17-34-21-13-11-19(12-14-21)24-23(26(30)27(31)28(24)15-8-16-32-3)25(29)20-9-7-10-22(18-20)33-5-2/h7,9-14,18,24,29H,4-6,8,15-17H2,1-3H3. The second-order valence-corrected chi connectivity index (χ2v) is 8.07. The van der Waals surface area contributed by atoms with Crippen LogP contribution in [-0.4, -0.2) is 55.2 Å². The first-order chi connectivity index (χ1) is 16.5. The summed E-state index contributed by atoms with van der Waals surface area (Å²) in [6.45, 7) is 5.85. The number of carbonyl (C=O) groups excluding carboxylic acids is 2. The van der Waals surface area contributed by atoms with Crippen molar-refractivity contribution in [2.24, 2.45) is 0 Å². The Morgan fingerprint density at radius 1 is 0.971 bits per heavy atom. The number of nitrogens with zero attached hydrogens (tertiary/aromatic N) is 1. The van der Waals surface area contributed by atoms with Crippen LogP contribution in [0.1, 0.15) is 50.3 Å². The number of amides is 1. The van der Waals surface area contributed by atoms with Gasteiger partial charge in [-0.1, -0.05) is 37.6 Å². The molecular weight excluding hydrogens is 434 g/mol. The topological polar surface area (TPSA) is 85.3 Å². The molecule has 1 aliphatic heterocycles. The third-order valence-corrected chi connectivity index (χ3v) is 5.67. The zero-order chi connectivity index (χ0) is 24.5. The molecule has 1 unspecified atom stereocenters. The van der Waals surface area contributed by atoms with Gasteiger partial charge >= 0.3 is 0 Å². The van der Waals surface area contributed by atoms with Gasteiger partial charge in [-0.2, -0.15) is 0 Å². The monoisotopic (exact) mass is 467 g/mol. The number of likely N-dealkylation sites (tertiary alicyclic amines) is 1. The number of ketones is 1. The second-order valence-electron chi connectivity index (χ2n) is 8.07. The molecule has 1 N–H and O–H groups in total. The van der Waals surface area contributed by atoms with Gasteiger partial charge in [0.05, 0.1) is 24.8 Å². The van der Waals surface area contributed by atoms with Crippen molar-refractivity contribution >= 4 is 17.4 Å². The van der Waals surface area contributed by atoms with Crippen LogP contribution in [-0.2, 0) is 14.3 Å². The summed E-state index contributed by atoms with van der Waals surface area (Å²) in [5.74, 6) is -0.261. The normalized spacial score (nSPS) is 17.3. The van der Waals surface area contributed by atoms with Gasteiger partial charge in [0.25, 0.3) is 11.7 Å². The van der Waals surface area contributed by atoms with Crippen molar-refractivity contribution in [3.05, 3.63) is 65.2 Å². The van der Waals surface area contributed by atoms with Crippen molar-refractivity contribution in [2.75, 3.05) is 33.5 Å². The molecule has 3 rings (SSSR count). The van der Waals surface area contributed by atoms with E-state index in [-0.39, 0.29) is 11.3 Å². The number of methoxy groups -OCH3 is 1. The van der Waals surface area contributed by atoms with E-state index in [0.29, 0.717) is 44.1 Å². The van der Waals surface area contributed by atoms with Gasteiger partial charge in [0.2, 0.25) is 0 Å².